The van der Waals surface area contributed by atoms with E-state index in [1.165, 1.54) is 12.1 Å². The van der Waals surface area contributed by atoms with E-state index in [0.29, 0.717) is 29.3 Å². The molecule has 0 saturated carbocycles. The van der Waals surface area contributed by atoms with Gasteiger partial charge in [-0.2, -0.15) is 0 Å². The van der Waals surface area contributed by atoms with Crippen LogP contribution in [0, 0.1) is 11.7 Å². The smallest absolute Gasteiger partial charge is 0.255 e. The molecule has 2 aromatic carbocycles. The van der Waals surface area contributed by atoms with Crippen LogP contribution >= 0.6 is 0 Å². The molecule has 0 unspecified atom stereocenters. The zero-order chi connectivity index (χ0) is 24.0. The third kappa shape index (κ3) is 5.77. The lowest BCUT2D eigenvalue weighted by Gasteiger charge is -2.26. The summed E-state index contributed by atoms with van der Waals surface area (Å²) in [5.74, 6) is -0.289. The molecule has 7 nitrogen and oxygen atoms in total. The Balaban J connectivity index is 1.85. The fraction of sp³-hybridized carbons (Fsp3) is 0.320. The maximum Gasteiger partial charge on any atom is 0.255 e. The molecule has 33 heavy (non-hydrogen) atoms. The van der Waals surface area contributed by atoms with Gasteiger partial charge in [-0.05, 0) is 42.7 Å². The second-order valence-corrected chi connectivity index (χ2v) is 8.01. The van der Waals surface area contributed by atoms with Gasteiger partial charge in [0.1, 0.15) is 29.5 Å². The number of nitrogens with one attached hydrogen (secondary N) is 2. The van der Waals surface area contributed by atoms with Crippen molar-refractivity contribution < 1.29 is 18.7 Å². The van der Waals surface area contributed by atoms with Crippen molar-refractivity contribution in [1.29, 1.82) is 0 Å². The normalized spacial score (nSPS) is 12.8. The Hall–Kier alpha value is -3.68. The minimum atomic E-state index is -0.810. The van der Waals surface area contributed by atoms with Gasteiger partial charge >= 0.3 is 0 Å². The number of hydrogen-bond donors (Lipinski definition) is 2. The van der Waals surface area contributed by atoms with Crippen LogP contribution in [0.3, 0.4) is 0 Å². The van der Waals surface area contributed by atoms with Crippen molar-refractivity contribution >= 4 is 11.8 Å². The van der Waals surface area contributed by atoms with Gasteiger partial charge in [0.25, 0.3) is 5.91 Å². The first-order valence-corrected chi connectivity index (χ1v) is 10.9. The summed E-state index contributed by atoms with van der Waals surface area (Å²) in [4.78, 5) is 30.7. The first-order valence-electron chi connectivity index (χ1n) is 10.9. The second kappa shape index (κ2) is 10.8. The topological polar surface area (TPSA) is 85.2 Å². The van der Waals surface area contributed by atoms with Crippen molar-refractivity contribution in [3.05, 3.63) is 83.7 Å². The Morgan fingerprint density at radius 1 is 1.09 bits per heavy atom. The number of halogens is 1. The van der Waals surface area contributed by atoms with Crippen LogP contribution in [-0.2, 0) is 11.8 Å². The molecule has 1 aromatic heterocycles. The largest absolute Gasteiger partial charge is 0.493 e. The Morgan fingerprint density at radius 3 is 2.39 bits per heavy atom. The third-order valence-corrected chi connectivity index (χ3v) is 5.27. The molecule has 1 heterocycles. The van der Waals surface area contributed by atoms with Crippen LogP contribution in [0.1, 0.15) is 48.6 Å². The predicted octanol–water partition coefficient (Wildman–Crippen LogP) is 3.62. The van der Waals surface area contributed by atoms with Crippen LogP contribution in [0.5, 0.6) is 5.75 Å². The summed E-state index contributed by atoms with van der Waals surface area (Å²) in [6.45, 7) is 5.97. The molecular formula is C25H29FN4O3. The van der Waals surface area contributed by atoms with Gasteiger partial charge in [-0.15, -0.1) is 0 Å². The molecule has 2 atom stereocenters. The van der Waals surface area contributed by atoms with E-state index in [-0.39, 0.29) is 17.6 Å². The van der Waals surface area contributed by atoms with Crippen LogP contribution < -0.4 is 15.4 Å². The molecule has 3 aromatic rings. The molecule has 0 spiro atoms. The number of imidazole rings is 1. The number of carbonyl (C=O) groups excluding carboxylic acids is 2. The first-order chi connectivity index (χ1) is 15.8. The van der Waals surface area contributed by atoms with Crippen LogP contribution in [0.25, 0.3) is 0 Å². The lowest BCUT2D eigenvalue weighted by atomic mass is 10.0. The average Bonchev–Trinajstić information content (AvgIpc) is 3.22. The van der Waals surface area contributed by atoms with Crippen molar-refractivity contribution in [2.45, 2.75) is 32.9 Å². The summed E-state index contributed by atoms with van der Waals surface area (Å²) in [7, 11) is 1.82. The molecule has 2 N–H and O–H groups in total. The summed E-state index contributed by atoms with van der Waals surface area (Å²) in [6, 6.07) is 11.4. The molecular weight excluding hydrogens is 423 g/mol. The summed E-state index contributed by atoms with van der Waals surface area (Å²) < 4.78 is 20.8. The number of aryl methyl sites for hydroxylation is 1. The van der Waals surface area contributed by atoms with Crippen LogP contribution in [0.4, 0.5) is 4.39 Å². The first kappa shape index (κ1) is 24.0. The van der Waals surface area contributed by atoms with E-state index < -0.39 is 18.0 Å². The molecule has 0 bridgehead atoms. The fourth-order valence-corrected chi connectivity index (χ4v) is 3.53. The number of carbonyl (C=O) groups is 2. The number of nitrogens with zero attached hydrogens (tertiary/aromatic N) is 2. The highest BCUT2D eigenvalue weighted by Crippen LogP contribution is 2.22. The van der Waals surface area contributed by atoms with E-state index in [2.05, 4.69) is 15.6 Å². The van der Waals surface area contributed by atoms with Crippen LogP contribution in [0.2, 0.25) is 0 Å². The molecule has 8 heteroatoms. The minimum Gasteiger partial charge on any atom is -0.493 e. The van der Waals surface area contributed by atoms with Crippen molar-refractivity contribution in [1.82, 2.24) is 20.2 Å². The zero-order valence-corrected chi connectivity index (χ0v) is 19.2. The Bertz CT molecular complexity index is 1100. The number of rotatable bonds is 9. The number of ether oxygens (including phenoxy) is 1. The lowest BCUT2D eigenvalue weighted by Crippen LogP contribution is -2.50. The monoisotopic (exact) mass is 452 g/mol. The predicted molar refractivity (Wildman–Crippen MR) is 123 cm³/mol. The van der Waals surface area contributed by atoms with Crippen molar-refractivity contribution in [2.24, 2.45) is 13.0 Å². The van der Waals surface area contributed by atoms with Gasteiger partial charge in [0.05, 0.1) is 12.2 Å². The fourth-order valence-electron chi connectivity index (χ4n) is 3.53. The van der Waals surface area contributed by atoms with E-state index in [1.54, 1.807) is 53.4 Å². The standard InChI is InChI=1S/C25H29FN4O3/c1-5-33-20-9-7-6-8-19(20)24(31)28-21(16(2)3)25(32)29-22(23-27-14-15-30(23)4)17-10-12-18(26)13-11-17/h6-16,21-22H,5H2,1-4H3,(H,28,31)(H,29,32)/t21-,22-/m0/s1. The van der Waals surface area contributed by atoms with Gasteiger partial charge in [0, 0.05) is 19.4 Å². The number of aromatic nitrogens is 2. The van der Waals surface area contributed by atoms with Gasteiger partial charge in [-0.1, -0.05) is 38.1 Å². The summed E-state index contributed by atoms with van der Waals surface area (Å²) in [6.07, 6.45) is 3.40. The van der Waals surface area contributed by atoms with E-state index in [1.807, 2.05) is 27.8 Å². The summed E-state index contributed by atoms with van der Waals surface area (Å²) >= 11 is 0. The SMILES string of the molecule is CCOc1ccccc1C(=O)N[C@H](C(=O)N[C@@H](c1ccc(F)cc1)c1nccn1C)C(C)C. The van der Waals surface area contributed by atoms with Gasteiger partial charge in [-0.3, -0.25) is 9.59 Å². The molecule has 0 radical (unpaired) electrons. The summed E-state index contributed by atoms with van der Waals surface area (Å²) in [5.41, 5.74) is 1.03. The highest BCUT2D eigenvalue weighted by atomic mass is 19.1. The quantitative estimate of drug-likeness (QED) is 0.519. The summed E-state index contributed by atoms with van der Waals surface area (Å²) in [5, 5.41) is 5.82. The second-order valence-electron chi connectivity index (χ2n) is 8.01. The lowest BCUT2D eigenvalue weighted by molar-refractivity contribution is -0.124. The Kier molecular flexibility index (Phi) is 7.82. The van der Waals surface area contributed by atoms with Gasteiger partial charge < -0.3 is 19.9 Å². The van der Waals surface area contributed by atoms with E-state index in [9.17, 15) is 14.0 Å². The molecule has 174 valence electrons. The van der Waals surface area contributed by atoms with E-state index in [4.69, 9.17) is 4.74 Å². The molecule has 0 aliphatic carbocycles. The molecule has 0 fully saturated rings. The van der Waals surface area contributed by atoms with Gasteiger partial charge in [-0.25, -0.2) is 9.37 Å². The maximum absolute atomic E-state index is 13.5. The Morgan fingerprint density at radius 2 is 1.79 bits per heavy atom. The van der Waals surface area contributed by atoms with Gasteiger partial charge in [0.2, 0.25) is 5.91 Å². The molecule has 2 amide bonds. The van der Waals surface area contributed by atoms with Crippen molar-refractivity contribution in [3.63, 3.8) is 0 Å². The molecule has 0 saturated heterocycles. The van der Waals surface area contributed by atoms with Crippen LogP contribution in [0.15, 0.2) is 60.9 Å². The highest BCUT2D eigenvalue weighted by molar-refractivity contribution is 5.99. The average molecular weight is 453 g/mol. The maximum atomic E-state index is 13.5. The molecule has 3 rings (SSSR count). The molecule has 0 aliphatic rings. The van der Waals surface area contributed by atoms with Crippen LogP contribution in [-0.4, -0.2) is 34.0 Å². The number of amides is 2. The van der Waals surface area contributed by atoms with Gasteiger partial charge in [0.15, 0.2) is 0 Å². The number of hydrogen-bond acceptors (Lipinski definition) is 4. The third-order valence-electron chi connectivity index (χ3n) is 5.27. The minimum absolute atomic E-state index is 0.191. The Labute approximate surface area is 193 Å². The van der Waals surface area contributed by atoms with Crippen molar-refractivity contribution in [2.75, 3.05) is 6.61 Å². The van der Waals surface area contributed by atoms with E-state index >= 15 is 0 Å². The van der Waals surface area contributed by atoms with E-state index in [0.717, 1.165) is 0 Å². The van der Waals surface area contributed by atoms with Crippen molar-refractivity contribution in [3.8, 4) is 5.75 Å². The highest BCUT2D eigenvalue weighted by Gasteiger charge is 2.29. The zero-order valence-electron chi connectivity index (χ0n) is 19.2. The molecule has 0 aliphatic heterocycles. The number of para-hydroxylation sites is 1. The number of benzene rings is 2.